The number of hydrogen-bond acceptors (Lipinski definition) is 2. The molecule has 3 heteroatoms. The van der Waals surface area contributed by atoms with Gasteiger partial charge in [-0.25, -0.2) is 4.39 Å². The lowest BCUT2D eigenvalue weighted by atomic mass is 9.87. The van der Waals surface area contributed by atoms with Crippen molar-refractivity contribution in [3.05, 3.63) is 65.0 Å². The number of rotatable bonds is 2. The van der Waals surface area contributed by atoms with Gasteiger partial charge in [-0.2, -0.15) is 0 Å². The molecule has 0 bridgehead atoms. The average Bonchev–Trinajstić information content (AvgIpc) is 2.49. The van der Waals surface area contributed by atoms with Crippen molar-refractivity contribution in [1.82, 2.24) is 0 Å². The van der Waals surface area contributed by atoms with Gasteiger partial charge in [0, 0.05) is 12.0 Å². The highest BCUT2D eigenvalue weighted by atomic mass is 19.1. The van der Waals surface area contributed by atoms with E-state index in [1.807, 2.05) is 24.3 Å². The maximum atomic E-state index is 13.7. The third-order valence-corrected chi connectivity index (χ3v) is 4.00. The fraction of sp³-hybridized carbons (Fsp3) is 0.294. The third-order valence-electron chi connectivity index (χ3n) is 4.00. The summed E-state index contributed by atoms with van der Waals surface area (Å²) in [6.45, 7) is 2.33. The Labute approximate surface area is 118 Å². The van der Waals surface area contributed by atoms with E-state index in [1.54, 1.807) is 19.1 Å². The smallest absolute Gasteiger partial charge is 0.126 e. The summed E-state index contributed by atoms with van der Waals surface area (Å²) in [5.74, 6) is 0.910. The zero-order chi connectivity index (χ0) is 14.1. The Morgan fingerprint density at radius 2 is 2.05 bits per heavy atom. The van der Waals surface area contributed by atoms with Crippen LogP contribution in [0.1, 0.15) is 22.7 Å². The molecule has 0 aromatic heterocycles. The van der Waals surface area contributed by atoms with Crippen molar-refractivity contribution in [2.45, 2.75) is 19.4 Å². The van der Waals surface area contributed by atoms with Crippen LogP contribution in [0.4, 0.5) is 4.39 Å². The zero-order valence-electron chi connectivity index (χ0n) is 11.5. The van der Waals surface area contributed by atoms with Gasteiger partial charge in [0.05, 0.1) is 6.61 Å². The summed E-state index contributed by atoms with van der Waals surface area (Å²) < 4.78 is 19.4. The van der Waals surface area contributed by atoms with Gasteiger partial charge in [0.2, 0.25) is 0 Å². The predicted molar refractivity (Wildman–Crippen MR) is 77.2 cm³/mol. The number of fused-ring (bicyclic) bond motifs is 1. The van der Waals surface area contributed by atoms with E-state index in [1.165, 1.54) is 5.56 Å². The van der Waals surface area contributed by atoms with E-state index in [-0.39, 0.29) is 17.8 Å². The number of para-hydroxylation sites is 1. The average molecular weight is 271 g/mol. The number of hydrogen-bond donors (Lipinski definition) is 1. The molecule has 2 atom stereocenters. The molecular formula is C17H18FNO. The van der Waals surface area contributed by atoms with Crippen LogP contribution in [-0.2, 0) is 6.42 Å². The summed E-state index contributed by atoms with van der Waals surface area (Å²) in [5.41, 5.74) is 8.95. The first kappa shape index (κ1) is 13.1. The summed E-state index contributed by atoms with van der Waals surface area (Å²) in [4.78, 5) is 0. The van der Waals surface area contributed by atoms with E-state index in [0.29, 0.717) is 12.2 Å². The second kappa shape index (κ2) is 5.25. The fourth-order valence-electron chi connectivity index (χ4n) is 2.67. The van der Waals surface area contributed by atoms with Crippen LogP contribution in [0.15, 0.2) is 42.5 Å². The Bertz CT molecular complexity index is 626. The van der Waals surface area contributed by atoms with E-state index in [4.69, 9.17) is 10.5 Å². The van der Waals surface area contributed by atoms with E-state index in [0.717, 1.165) is 17.7 Å². The van der Waals surface area contributed by atoms with Crippen LogP contribution < -0.4 is 10.5 Å². The monoisotopic (exact) mass is 271 g/mol. The van der Waals surface area contributed by atoms with Gasteiger partial charge in [0.25, 0.3) is 0 Å². The molecule has 3 rings (SSSR count). The van der Waals surface area contributed by atoms with Crippen LogP contribution in [0.2, 0.25) is 0 Å². The predicted octanol–water partition coefficient (Wildman–Crippen LogP) is 3.39. The van der Waals surface area contributed by atoms with Gasteiger partial charge in [-0.05, 0) is 42.2 Å². The van der Waals surface area contributed by atoms with Gasteiger partial charge in [-0.3, -0.25) is 0 Å². The van der Waals surface area contributed by atoms with Gasteiger partial charge < -0.3 is 10.5 Å². The SMILES string of the molecule is Cc1ccc(C(N)C2COc3ccccc3C2)cc1F. The first-order valence-electron chi connectivity index (χ1n) is 6.87. The molecule has 0 amide bonds. The highest BCUT2D eigenvalue weighted by Crippen LogP contribution is 2.32. The Morgan fingerprint density at radius 1 is 1.25 bits per heavy atom. The topological polar surface area (TPSA) is 35.2 Å². The molecule has 0 aliphatic carbocycles. The fourth-order valence-corrected chi connectivity index (χ4v) is 2.67. The summed E-state index contributed by atoms with van der Waals surface area (Å²) in [5, 5.41) is 0. The van der Waals surface area contributed by atoms with Crippen LogP contribution in [-0.4, -0.2) is 6.61 Å². The molecular weight excluding hydrogens is 253 g/mol. The lowest BCUT2D eigenvalue weighted by Crippen LogP contribution is -2.31. The van der Waals surface area contributed by atoms with Crippen molar-refractivity contribution in [1.29, 1.82) is 0 Å². The molecule has 0 spiro atoms. The summed E-state index contributed by atoms with van der Waals surface area (Å²) >= 11 is 0. The van der Waals surface area contributed by atoms with Crippen molar-refractivity contribution < 1.29 is 9.13 Å². The Hall–Kier alpha value is -1.87. The minimum absolute atomic E-state index is 0.173. The van der Waals surface area contributed by atoms with Crippen molar-refractivity contribution >= 4 is 0 Å². The quantitative estimate of drug-likeness (QED) is 0.908. The normalized spacial score (nSPS) is 19.1. The van der Waals surface area contributed by atoms with Crippen LogP contribution in [0, 0.1) is 18.7 Å². The van der Waals surface area contributed by atoms with E-state index >= 15 is 0 Å². The van der Waals surface area contributed by atoms with Gasteiger partial charge in [-0.15, -0.1) is 0 Å². The molecule has 1 aliphatic heterocycles. The van der Waals surface area contributed by atoms with Gasteiger partial charge in [0.1, 0.15) is 11.6 Å². The van der Waals surface area contributed by atoms with Crippen molar-refractivity contribution in [3.8, 4) is 5.75 Å². The number of benzene rings is 2. The van der Waals surface area contributed by atoms with Gasteiger partial charge in [0.15, 0.2) is 0 Å². The minimum atomic E-state index is -0.210. The third kappa shape index (κ3) is 2.41. The number of aryl methyl sites for hydroxylation is 1. The molecule has 2 nitrogen and oxygen atoms in total. The maximum Gasteiger partial charge on any atom is 0.126 e. The summed E-state index contributed by atoms with van der Waals surface area (Å²) in [6, 6.07) is 13.0. The number of halogens is 1. The Morgan fingerprint density at radius 3 is 2.85 bits per heavy atom. The zero-order valence-corrected chi connectivity index (χ0v) is 11.5. The molecule has 2 unspecified atom stereocenters. The van der Waals surface area contributed by atoms with Gasteiger partial charge >= 0.3 is 0 Å². The molecule has 2 N–H and O–H groups in total. The van der Waals surface area contributed by atoms with Crippen molar-refractivity contribution in [2.24, 2.45) is 11.7 Å². The van der Waals surface area contributed by atoms with Gasteiger partial charge in [-0.1, -0.05) is 30.3 Å². The van der Waals surface area contributed by atoms with Crippen molar-refractivity contribution in [3.63, 3.8) is 0 Å². The van der Waals surface area contributed by atoms with Crippen LogP contribution in [0.5, 0.6) is 5.75 Å². The maximum absolute atomic E-state index is 13.7. The highest BCUT2D eigenvalue weighted by Gasteiger charge is 2.26. The Kier molecular flexibility index (Phi) is 3.45. The second-order valence-electron chi connectivity index (χ2n) is 5.42. The first-order valence-corrected chi connectivity index (χ1v) is 6.87. The lowest BCUT2D eigenvalue weighted by Gasteiger charge is -2.29. The molecule has 0 radical (unpaired) electrons. The minimum Gasteiger partial charge on any atom is -0.493 e. The molecule has 1 aliphatic rings. The molecule has 0 saturated carbocycles. The van der Waals surface area contributed by atoms with E-state index in [2.05, 4.69) is 6.07 Å². The lowest BCUT2D eigenvalue weighted by molar-refractivity contribution is 0.200. The van der Waals surface area contributed by atoms with Crippen LogP contribution >= 0.6 is 0 Å². The van der Waals surface area contributed by atoms with E-state index < -0.39 is 0 Å². The molecule has 2 aromatic carbocycles. The Balaban J connectivity index is 1.82. The molecule has 0 fully saturated rings. The van der Waals surface area contributed by atoms with Crippen LogP contribution in [0.3, 0.4) is 0 Å². The molecule has 1 heterocycles. The molecule has 2 aromatic rings. The largest absolute Gasteiger partial charge is 0.493 e. The standard InChI is InChI=1S/C17H18FNO/c1-11-6-7-13(9-15(11)18)17(19)14-8-12-4-2-3-5-16(12)20-10-14/h2-7,9,14,17H,8,10,19H2,1H3. The number of nitrogens with two attached hydrogens (primary N) is 1. The first-order chi connectivity index (χ1) is 9.65. The number of ether oxygens (including phenoxy) is 1. The molecule has 20 heavy (non-hydrogen) atoms. The molecule has 0 saturated heterocycles. The molecule has 104 valence electrons. The summed E-state index contributed by atoms with van der Waals surface area (Å²) in [7, 11) is 0. The van der Waals surface area contributed by atoms with Crippen LogP contribution in [0.25, 0.3) is 0 Å². The second-order valence-corrected chi connectivity index (χ2v) is 5.42. The van der Waals surface area contributed by atoms with E-state index in [9.17, 15) is 4.39 Å². The van der Waals surface area contributed by atoms with Crippen molar-refractivity contribution in [2.75, 3.05) is 6.61 Å². The highest BCUT2D eigenvalue weighted by molar-refractivity contribution is 5.36. The summed E-state index contributed by atoms with van der Waals surface area (Å²) in [6.07, 6.45) is 0.868.